The van der Waals surface area contributed by atoms with Gasteiger partial charge in [0.05, 0.1) is 6.54 Å². The highest BCUT2D eigenvalue weighted by Crippen LogP contribution is 2.14. The molecule has 146 valence electrons. The average Bonchev–Trinajstić information content (AvgIpc) is 2.71. The van der Waals surface area contributed by atoms with Gasteiger partial charge < -0.3 is 10.2 Å². The van der Waals surface area contributed by atoms with Gasteiger partial charge in [-0.2, -0.15) is 0 Å². The van der Waals surface area contributed by atoms with Gasteiger partial charge in [-0.05, 0) is 49.9 Å². The van der Waals surface area contributed by atoms with Crippen molar-refractivity contribution in [2.45, 2.75) is 6.92 Å². The number of hydrogen-bond acceptors (Lipinski definition) is 4. The van der Waals surface area contributed by atoms with Crippen molar-refractivity contribution in [3.05, 3.63) is 71.3 Å². The molecule has 0 atom stereocenters. The van der Waals surface area contributed by atoms with Crippen molar-refractivity contribution in [1.29, 1.82) is 0 Å². The van der Waals surface area contributed by atoms with E-state index in [2.05, 4.69) is 22.2 Å². The molecule has 1 saturated heterocycles. The van der Waals surface area contributed by atoms with Crippen molar-refractivity contribution in [3.63, 3.8) is 0 Å². The molecule has 1 N–H and O–H groups in total. The van der Waals surface area contributed by atoms with E-state index in [1.54, 1.807) is 31.2 Å². The molecule has 5 nitrogen and oxygen atoms in total. The number of anilines is 1. The summed E-state index contributed by atoms with van der Waals surface area (Å²) in [5, 5.41) is 2.88. The Hall–Kier alpha value is -2.76. The topological polar surface area (TPSA) is 52.7 Å². The van der Waals surface area contributed by atoms with Crippen LogP contribution in [0.3, 0.4) is 0 Å². The Morgan fingerprint density at radius 2 is 1.61 bits per heavy atom. The largest absolute Gasteiger partial charge is 0.322 e. The average molecular weight is 377 g/mol. The molecular weight excluding hydrogens is 350 g/mol. The molecule has 5 heteroatoms. The quantitative estimate of drug-likeness (QED) is 0.621. The lowest BCUT2D eigenvalue weighted by Crippen LogP contribution is -2.46. The maximum atomic E-state index is 12.5. The second-order valence-electron chi connectivity index (χ2n) is 7.27. The third-order valence-electron chi connectivity index (χ3n) is 4.97. The van der Waals surface area contributed by atoms with E-state index in [9.17, 15) is 9.59 Å². The smallest absolute Gasteiger partial charge is 0.251 e. The minimum absolute atomic E-state index is 0.114. The van der Waals surface area contributed by atoms with Gasteiger partial charge in [0, 0.05) is 43.0 Å². The molecule has 1 aliphatic heterocycles. The lowest BCUT2D eigenvalue weighted by molar-refractivity contribution is -0.112. The van der Waals surface area contributed by atoms with Crippen LogP contribution in [0, 0.1) is 0 Å². The van der Waals surface area contributed by atoms with Crippen molar-refractivity contribution < 1.29 is 9.59 Å². The lowest BCUT2D eigenvalue weighted by Gasteiger charge is -2.31. The van der Waals surface area contributed by atoms with Crippen LogP contribution in [0.4, 0.5) is 5.69 Å². The number of amides is 1. The summed E-state index contributed by atoms with van der Waals surface area (Å²) in [5.41, 5.74) is 2.97. The van der Waals surface area contributed by atoms with Crippen LogP contribution < -0.4 is 5.32 Å². The molecule has 0 unspecified atom stereocenters. The first-order valence-corrected chi connectivity index (χ1v) is 9.60. The van der Waals surface area contributed by atoms with Gasteiger partial charge in [-0.1, -0.05) is 30.3 Å². The first kappa shape index (κ1) is 20.0. The predicted molar refractivity (Wildman–Crippen MR) is 113 cm³/mol. The van der Waals surface area contributed by atoms with Gasteiger partial charge in [-0.15, -0.1) is 0 Å². The molecule has 1 heterocycles. The molecule has 0 bridgehead atoms. The van der Waals surface area contributed by atoms with Gasteiger partial charge in [0.15, 0.2) is 5.78 Å². The van der Waals surface area contributed by atoms with Crippen LogP contribution in [0.5, 0.6) is 0 Å². The molecule has 0 saturated carbocycles. The van der Waals surface area contributed by atoms with Crippen LogP contribution in [0.1, 0.15) is 22.8 Å². The van der Waals surface area contributed by atoms with Gasteiger partial charge in [-0.3, -0.25) is 14.5 Å². The van der Waals surface area contributed by atoms with Crippen LogP contribution in [-0.2, 0) is 4.79 Å². The third kappa shape index (κ3) is 5.62. The van der Waals surface area contributed by atoms with E-state index in [0.717, 1.165) is 31.7 Å². The second-order valence-corrected chi connectivity index (χ2v) is 7.27. The van der Waals surface area contributed by atoms with Crippen LogP contribution >= 0.6 is 0 Å². The zero-order valence-electron chi connectivity index (χ0n) is 16.5. The molecule has 2 aromatic carbocycles. The Morgan fingerprint density at radius 3 is 2.25 bits per heavy atom. The Bertz CT molecular complexity index is 836. The Kier molecular flexibility index (Phi) is 6.74. The monoisotopic (exact) mass is 377 g/mol. The van der Waals surface area contributed by atoms with E-state index in [1.165, 1.54) is 0 Å². The van der Waals surface area contributed by atoms with Crippen molar-refractivity contribution >= 4 is 23.5 Å². The molecule has 1 amide bonds. The number of carbonyl (C=O) groups is 2. The number of likely N-dealkylation sites (N-methyl/N-ethyl adjacent to an activating group) is 1. The number of carbonyl (C=O) groups excluding carboxylic acids is 2. The number of rotatable bonds is 6. The number of hydrogen-bond donors (Lipinski definition) is 1. The highest BCUT2D eigenvalue weighted by atomic mass is 16.1. The molecule has 0 aromatic heterocycles. The van der Waals surface area contributed by atoms with Crippen molar-refractivity contribution in [1.82, 2.24) is 9.80 Å². The first-order valence-electron chi connectivity index (χ1n) is 9.60. The summed E-state index contributed by atoms with van der Waals surface area (Å²) in [7, 11) is 2.10. The molecule has 1 aliphatic rings. The number of benzene rings is 2. The highest BCUT2D eigenvalue weighted by Gasteiger charge is 2.17. The molecule has 0 aliphatic carbocycles. The lowest BCUT2D eigenvalue weighted by atomic mass is 10.1. The molecule has 0 spiro atoms. The summed E-state index contributed by atoms with van der Waals surface area (Å²) in [6.45, 7) is 6.06. The van der Waals surface area contributed by atoms with E-state index in [-0.39, 0.29) is 11.7 Å². The van der Waals surface area contributed by atoms with Crippen LogP contribution in [-0.4, -0.2) is 61.3 Å². The van der Waals surface area contributed by atoms with Crippen LogP contribution in [0.2, 0.25) is 0 Å². The first-order chi connectivity index (χ1) is 13.5. The molecule has 1 fully saturated rings. The van der Waals surface area contributed by atoms with E-state index in [4.69, 9.17) is 0 Å². The van der Waals surface area contributed by atoms with Crippen molar-refractivity contribution in [3.8, 4) is 0 Å². The van der Waals surface area contributed by atoms with Gasteiger partial charge in [0.1, 0.15) is 0 Å². The van der Waals surface area contributed by atoms with Gasteiger partial charge in [0.25, 0.3) is 5.91 Å². The maximum absolute atomic E-state index is 12.5. The fourth-order valence-electron chi connectivity index (χ4n) is 3.13. The number of nitrogens with zero attached hydrogens (tertiary/aromatic N) is 2. The van der Waals surface area contributed by atoms with Crippen LogP contribution in [0.25, 0.3) is 6.08 Å². The molecular formula is C23H27N3O2. The van der Waals surface area contributed by atoms with Gasteiger partial charge in [-0.25, -0.2) is 0 Å². The van der Waals surface area contributed by atoms with Crippen molar-refractivity contribution in [2.75, 3.05) is 45.1 Å². The molecule has 28 heavy (non-hydrogen) atoms. The Labute approximate surface area is 166 Å². The SMILES string of the molecule is C/C(=C\c1ccccc1)C(=O)Nc1ccc(C(=O)CN2CCN(C)CC2)cc1. The second kappa shape index (κ2) is 9.44. The summed E-state index contributed by atoms with van der Waals surface area (Å²) in [4.78, 5) is 29.3. The number of ketones is 1. The van der Waals surface area contributed by atoms with E-state index in [0.29, 0.717) is 23.4 Å². The standard InChI is InChI=1S/C23H27N3O2/c1-18(16-19-6-4-3-5-7-19)23(28)24-21-10-8-20(9-11-21)22(27)17-26-14-12-25(2)13-15-26/h3-11,16H,12-15,17H2,1-2H3,(H,24,28)/b18-16+. The number of nitrogens with one attached hydrogen (secondary N) is 1. The summed E-state index contributed by atoms with van der Waals surface area (Å²) in [5.74, 6) is -0.0389. The minimum Gasteiger partial charge on any atom is -0.322 e. The van der Waals surface area contributed by atoms with E-state index < -0.39 is 0 Å². The predicted octanol–water partition coefficient (Wildman–Crippen LogP) is 3.16. The van der Waals surface area contributed by atoms with Crippen LogP contribution in [0.15, 0.2) is 60.2 Å². The third-order valence-corrected chi connectivity index (χ3v) is 4.97. The fraction of sp³-hybridized carbons (Fsp3) is 0.304. The number of piperazine rings is 1. The Morgan fingerprint density at radius 1 is 0.964 bits per heavy atom. The van der Waals surface area contributed by atoms with Gasteiger partial charge in [0.2, 0.25) is 0 Å². The molecule has 0 radical (unpaired) electrons. The van der Waals surface area contributed by atoms with E-state index >= 15 is 0 Å². The summed E-state index contributed by atoms with van der Waals surface area (Å²) in [6, 6.07) is 16.9. The summed E-state index contributed by atoms with van der Waals surface area (Å²) in [6.07, 6.45) is 1.85. The van der Waals surface area contributed by atoms with Crippen molar-refractivity contribution in [2.24, 2.45) is 0 Å². The van der Waals surface area contributed by atoms with Gasteiger partial charge >= 0.3 is 0 Å². The number of Topliss-reactive ketones (excluding diaryl/α,β-unsaturated/α-hetero) is 1. The Balaban J connectivity index is 1.55. The maximum Gasteiger partial charge on any atom is 0.251 e. The zero-order chi connectivity index (χ0) is 19.9. The molecule has 3 rings (SSSR count). The molecule has 2 aromatic rings. The zero-order valence-corrected chi connectivity index (χ0v) is 16.5. The normalized spacial score (nSPS) is 16.0. The minimum atomic E-state index is -0.152. The summed E-state index contributed by atoms with van der Waals surface area (Å²) >= 11 is 0. The fourth-order valence-corrected chi connectivity index (χ4v) is 3.13. The highest BCUT2D eigenvalue weighted by molar-refractivity contribution is 6.06. The van der Waals surface area contributed by atoms with E-state index in [1.807, 2.05) is 36.4 Å². The summed E-state index contributed by atoms with van der Waals surface area (Å²) < 4.78 is 0.